The minimum atomic E-state index is -0.467. The number of hydrazine groups is 1. The Balaban J connectivity index is 3.04. The topological polar surface area (TPSA) is 98.4 Å². The van der Waals surface area contributed by atoms with Crippen LogP contribution in [0.5, 0.6) is 0 Å². The molecule has 1 aromatic rings. The molecule has 1 aromatic carbocycles. The van der Waals surface area contributed by atoms with Crippen LogP contribution < -0.4 is 17.3 Å². The van der Waals surface area contributed by atoms with Crippen LogP contribution in [0.1, 0.15) is 24.0 Å². The van der Waals surface area contributed by atoms with Crippen molar-refractivity contribution in [1.82, 2.24) is 5.01 Å². The van der Waals surface area contributed by atoms with Gasteiger partial charge in [-0.1, -0.05) is 24.8 Å². The van der Waals surface area contributed by atoms with Crippen molar-refractivity contribution in [3.05, 3.63) is 48.6 Å². The average Bonchev–Trinajstić information content (AvgIpc) is 2.46. The third-order valence-electron chi connectivity index (χ3n) is 3.18. The van der Waals surface area contributed by atoms with Crippen molar-refractivity contribution < 1.29 is 4.79 Å². The van der Waals surface area contributed by atoms with Crippen LogP contribution in [0.25, 0.3) is 5.70 Å². The first-order valence-corrected chi connectivity index (χ1v) is 6.43. The molecule has 1 rings (SSSR count). The number of rotatable bonds is 8. The van der Waals surface area contributed by atoms with E-state index in [1.807, 2.05) is 12.1 Å². The molecule has 0 spiro atoms. The standard InChI is InChI=1S/C15H22N4O/c1-3-4-7-13(10-20)19(18)11(2)15-12(9-16)6-5-8-14(15)17/h3,5-6,8,10,13H,1-2,4,7,9,16-18H2. The molecule has 0 amide bonds. The van der Waals surface area contributed by atoms with Gasteiger partial charge in [0, 0.05) is 17.8 Å². The lowest BCUT2D eigenvalue weighted by atomic mass is 10.0. The molecular formula is C15H22N4O. The SMILES string of the molecule is C=CCCC(C=O)N(N)C(=C)c1c(N)cccc1CN. The highest BCUT2D eigenvalue weighted by Gasteiger charge is 2.19. The summed E-state index contributed by atoms with van der Waals surface area (Å²) in [6.07, 6.45) is 3.82. The number of nitrogens with two attached hydrogens (primary N) is 3. The molecular weight excluding hydrogens is 252 g/mol. The molecule has 0 saturated carbocycles. The van der Waals surface area contributed by atoms with Crippen LogP contribution in [0, 0.1) is 0 Å². The summed E-state index contributed by atoms with van der Waals surface area (Å²) in [4.78, 5) is 11.2. The highest BCUT2D eigenvalue weighted by molar-refractivity contribution is 5.77. The van der Waals surface area contributed by atoms with E-state index >= 15 is 0 Å². The summed E-state index contributed by atoms with van der Waals surface area (Å²) in [7, 11) is 0. The minimum Gasteiger partial charge on any atom is -0.398 e. The van der Waals surface area contributed by atoms with Crippen molar-refractivity contribution in [3.8, 4) is 0 Å². The smallest absolute Gasteiger partial charge is 0.144 e. The molecule has 108 valence electrons. The zero-order valence-electron chi connectivity index (χ0n) is 11.6. The zero-order chi connectivity index (χ0) is 15.1. The number of nitrogen functional groups attached to an aromatic ring is 1. The number of hydrogen-bond donors (Lipinski definition) is 3. The second-order valence-corrected chi connectivity index (χ2v) is 4.51. The molecule has 0 aliphatic heterocycles. The predicted octanol–water partition coefficient (Wildman–Crippen LogP) is 1.41. The van der Waals surface area contributed by atoms with Crippen molar-refractivity contribution in [3.63, 3.8) is 0 Å². The molecule has 0 aliphatic carbocycles. The number of carbonyl (C=O) groups is 1. The lowest BCUT2D eigenvalue weighted by molar-refractivity contribution is -0.111. The molecule has 0 heterocycles. The summed E-state index contributed by atoms with van der Waals surface area (Å²) in [5.41, 5.74) is 14.3. The second kappa shape index (κ2) is 7.47. The van der Waals surface area contributed by atoms with Gasteiger partial charge in [0.25, 0.3) is 0 Å². The Labute approximate surface area is 119 Å². The summed E-state index contributed by atoms with van der Waals surface area (Å²) in [6, 6.07) is 4.98. The Morgan fingerprint density at radius 1 is 1.45 bits per heavy atom. The van der Waals surface area contributed by atoms with Gasteiger partial charge in [-0.2, -0.15) is 0 Å². The van der Waals surface area contributed by atoms with Crippen molar-refractivity contribution in [2.75, 3.05) is 5.73 Å². The quantitative estimate of drug-likeness (QED) is 0.219. The van der Waals surface area contributed by atoms with Gasteiger partial charge in [0.1, 0.15) is 12.3 Å². The van der Waals surface area contributed by atoms with E-state index in [1.54, 1.807) is 12.1 Å². The van der Waals surface area contributed by atoms with Gasteiger partial charge >= 0.3 is 0 Å². The Bertz CT molecular complexity index is 499. The van der Waals surface area contributed by atoms with Gasteiger partial charge in [0.05, 0.1) is 5.70 Å². The van der Waals surface area contributed by atoms with Gasteiger partial charge in [-0.3, -0.25) is 0 Å². The first-order chi connectivity index (χ1) is 9.56. The Morgan fingerprint density at radius 3 is 2.70 bits per heavy atom. The fourth-order valence-corrected chi connectivity index (χ4v) is 2.03. The van der Waals surface area contributed by atoms with E-state index in [0.717, 1.165) is 11.8 Å². The van der Waals surface area contributed by atoms with Crippen LogP contribution in [0.4, 0.5) is 5.69 Å². The van der Waals surface area contributed by atoms with E-state index in [1.165, 1.54) is 5.01 Å². The summed E-state index contributed by atoms with van der Waals surface area (Å²) < 4.78 is 0. The van der Waals surface area contributed by atoms with E-state index in [0.29, 0.717) is 36.3 Å². The van der Waals surface area contributed by atoms with Gasteiger partial charge in [-0.25, -0.2) is 5.84 Å². The van der Waals surface area contributed by atoms with Crippen LogP contribution in [0.15, 0.2) is 37.4 Å². The van der Waals surface area contributed by atoms with Crippen molar-refractivity contribution >= 4 is 17.7 Å². The molecule has 20 heavy (non-hydrogen) atoms. The summed E-state index contributed by atoms with van der Waals surface area (Å²) in [5.74, 6) is 6.01. The van der Waals surface area contributed by atoms with Crippen LogP contribution in [-0.4, -0.2) is 17.3 Å². The van der Waals surface area contributed by atoms with E-state index < -0.39 is 6.04 Å². The van der Waals surface area contributed by atoms with E-state index in [4.69, 9.17) is 17.3 Å². The van der Waals surface area contributed by atoms with Gasteiger partial charge in [-0.15, -0.1) is 6.58 Å². The second-order valence-electron chi connectivity index (χ2n) is 4.51. The molecule has 0 saturated heterocycles. The highest BCUT2D eigenvalue weighted by Crippen LogP contribution is 2.27. The number of anilines is 1. The zero-order valence-corrected chi connectivity index (χ0v) is 11.6. The van der Waals surface area contributed by atoms with Gasteiger partial charge in [0.2, 0.25) is 0 Å². The van der Waals surface area contributed by atoms with Gasteiger partial charge in [0.15, 0.2) is 0 Å². The Morgan fingerprint density at radius 2 is 2.15 bits per heavy atom. The molecule has 1 unspecified atom stereocenters. The van der Waals surface area contributed by atoms with Gasteiger partial charge < -0.3 is 21.3 Å². The fourth-order valence-electron chi connectivity index (χ4n) is 2.03. The molecule has 0 fully saturated rings. The molecule has 1 atom stereocenters. The number of nitrogens with zero attached hydrogens (tertiary/aromatic N) is 1. The summed E-state index contributed by atoms with van der Waals surface area (Å²) in [6.45, 7) is 7.91. The van der Waals surface area contributed by atoms with Crippen molar-refractivity contribution in [2.45, 2.75) is 25.4 Å². The Kier molecular flexibility index (Phi) is 5.96. The lowest BCUT2D eigenvalue weighted by Crippen LogP contribution is -2.40. The number of carbonyl (C=O) groups excluding carboxylic acids is 1. The normalized spacial score (nSPS) is 11.7. The molecule has 5 nitrogen and oxygen atoms in total. The summed E-state index contributed by atoms with van der Waals surface area (Å²) >= 11 is 0. The third kappa shape index (κ3) is 3.46. The lowest BCUT2D eigenvalue weighted by Gasteiger charge is -2.28. The molecule has 5 heteroatoms. The van der Waals surface area contributed by atoms with Gasteiger partial charge in [-0.05, 0) is 24.5 Å². The van der Waals surface area contributed by atoms with Crippen LogP contribution >= 0.6 is 0 Å². The average molecular weight is 274 g/mol. The first kappa shape index (κ1) is 15.9. The van der Waals surface area contributed by atoms with E-state index in [9.17, 15) is 4.79 Å². The monoisotopic (exact) mass is 274 g/mol. The predicted molar refractivity (Wildman–Crippen MR) is 83.1 cm³/mol. The molecule has 0 aliphatic rings. The molecule has 6 N–H and O–H groups in total. The minimum absolute atomic E-state index is 0.325. The fraction of sp³-hybridized carbons (Fsp3) is 0.267. The number of aldehydes is 1. The molecule has 0 bridgehead atoms. The van der Waals surface area contributed by atoms with Crippen LogP contribution in [0.3, 0.4) is 0 Å². The summed E-state index contributed by atoms with van der Waals surface area (Å²) in [5, 5.41) is 1.35. The number of benzene rings is 1. The largest absolute Gasteiger partial charge is 0.398 e. The van der Waals surface area contributed by atoms with E-state index in [-0.39, 0.29) is 0 Å². The van der Waals surface area contributed by atoms with Crippen LogP contribution in [-0.2, 0) is 11.3 Å². The maximum Gasteiger partial charge on any atom is 0.144 e. The Hall–Kier alpha value is -2.11. The van der Waals surface area contributed by atoms with Crippen molar-refractivity contribution in [2.24, 2.45) is 11.6 Å². The van der Waals surface area contributed by atoms with Crippen LogP contribution in [0.2, 0.25) is 0 Å². The molecule has 0 aromatic heterocycles. The first-order valence-electron chi connectivity index (χ1n) is 6.43. The number of hydrogen-bond acceptors (Lipinski definition) is 5. The molecule has 0 radical (unpaired) electrons. The maximum absolute atomic E-state index is 11.2. The highest BCUT2D eigenvalue weighted by atomic mass is 16.1. The van der Waals surface area contributed by atoms with Crippen molar-refractivity contribution in [1.29, 1.82) is 0 Å². The number of allylic oxidation sites excluding steroid dienone is 1. The maximum atomic E-state index is 11.2. The van der Waals surface area contributed by atoms with E-state index in [2.05, 4.69) is 13.2 Å². The third-order valence-corrected chi connectivity index (χ3v) is 3.18.